The van der Waals surface area contributed by atoms with Gasteiger partial charge in [0.1, 0.15) is 0 Å². The smallest absolute Gasteiger partial charge is 0.225 e. The molecule has 3 rings (SSSR count). The summed E-state index contributed by atoms with van der Waals surface area (Å²) in [4.78, 5) is 19.3. The molecule has 0 aromatic carbocycles. The number of nitrogens with one attached hydrogen (secondary N) is 1. The van der Waals surface area contributed by atoms with Crippen molar-refractivity contribution in [1.82, 2.24) is 20.0 Å². The first-order valence-corrected chi connectivity index (χ1v) is 9.05. The highest BCUT2D eigenvalue weighted by Crippen LogP contribution is 2.27. The third-order valence-corrected chi connectivity index (χ3v) is 5.63. The van der Waals surface area contributed by atoms with Crippen LogP contribution in [-0.2, 0) is 4.79 Å². The molecule has 0 saturated carbocycles. The van der Waals surface area contributed by atoms with Gasteiger partial charge in [0.25, 0.3) is 0 Å². The number of carbonyl (C=O) groups excluding carboxylic acids is 1. The van der Waals surface area contributed by atoms with Crippen LogP contribution in [0.4, 0.5) is 0 Å². The van der Waals surface area contributed by atoms with E-state index in [2.05, 4.69) is 22.2 Å². The molecule has 3 N–H and O–H groups in total. The van der Waals surface area contributed by atoms with Crippen molar-refractivity contribution < 1.29 is 4.79 Å². The van der Waals surface area contributed by atoms with Gasteiger partial charge < -0.3 is 25.8 Å². The Morgan fingerprint density at radius 3 is 2.43 bits per heavy atom. The summed E-state index contributed by atoms with van der Waals surface area (Å²) in [6.07, 6.45) is 1.80. The van der Waals surface area contributed by atoms with E-state index in [4.69, 9.17) is 17.3 Å². The second-order valence-electron chi connectivity index (χ2n) is 6.90. The molecule has 3 aliphatic heterocycles. The Kier molecular flexibility index (Phi) is 5.34. The number of piperidine rings is 1. The fourth-order valence-corrected chi connectivity index (χ4v) is 4.16. The summed E-state index contributed by atoms with van der Waals surface area (Å²) in [6, 6.07) is 0. The number of piperazine rings is 1. The van der Waals surface area contributed by atoms with Gasteiger partial charge in [0.15, 0.2) is 0 Å². The number of alkyl halides is 1. The van der Waals surface area contributed by atoms with E-state index in [1.165, 1.54) is 0 Å². The second kappa shape index (κ2) is 7.28. The van der Waals surface area contributed by atoms with Gasteiger partial charge in [-0.15, -0.1) is 11.6 Å². The van der Waals surface area contributed by atoms with E-state index in [0.717, 1.165) is 70.0 Å². The molecule has 3 heterocycles. The fraction of sp³-hybridized carbons (Fsp3) is 0.812. The topological polar surface area (TPSA) is 64.8 Å². The maximum absolute atomic E-state index is 12.7. The zero-order chi connectivity index (χ0) is 16.4. The third kappa shape index (κ3) is 3.75. The predicted molar refractivity (Wildman–Crippen MR) is 92.1 cm³/mol. The van der Waals surface area contributed by atoms with Gasteiger partial charge >= 0.3 is 0 Å². The molecule has 3 aliphatic rings. The molecule has 1 atom stereocenters. The van der Waals surface area contributed by atoms with Crippen molar-refractivity contribution in [2.24, 2.45) is 11.7 Å². The number of hydrogen-bond acceptors (Lipinski definition) is 5. The van der Waals surface area contributed by atoms with Gasteiger partial charge in [0, 0.05) is 64.0 Å². The Morgan fingerprint density at radius 2 is 1.83 bits per heavy atom. The third-order valence-electron chi connectivity index (χ3n) is 5.26. The number of halogens is 1. The summed E-state index contributed by atoms with van der Waals surface area (Å²) in [6.45, 7) is 6.92. The molecule has 0 aromatic heterocycles. The Morgan fingerprint density at radius 1 is 1.17 bits per heavy atom. The maximum Gasteiger partial charge on any atom is 0.225 e. The normalized spacial score (nSPS) is 28.3. The summed E-state index contributed by atoms with van der Waals surface area (Å²) in [5.74, 6) is 0.499. The van der Waals surface area contributed by atoms with Gasteiger partial charge in [0.05, 0.1) is 11.1 Å². The summed E-state index contributed by atoms with van der Waals surface area (Å²) in [5, 5.41) is 3.16. The molecule has 1 amide bonds. The minimum absolute atomic E-state index is 0.0615. The van der Waals surface area contributed by atoms with Crippen LogP contribution in [0, 0.1) is 5.92 Å². The van der Waals surface area contributed by atoms with Crippen LogP contribution in [-0.4, -0.2) is 85.4 Å². The van der Waals surface area contributed by atoms with Crippen LogP contribution < -0.4 is 11.1 Å². The molecular formula is C16H28ClN5O. The van der Waals surface area contributed by atoms with Crippen molar-refractivity contribution in [1.29, 1.82) is 0 Å². The number of hydrogen-bond donors (Lipinski definition) is 2. The van der Waals surface area contributed by atoms with Gasteiger partial charge in [-0.25, -0.2) is 0 Å². The molecule has 1 unspecified atom stereocenters. The molecule has 130 valence electrons. The Bertz CT molecular complexity index is 467. The molecule has 0 aliphatic carbocycles. The Balaban J connectivity index is 1.55. The lowest BCUT2D eigenvalue weighted by Crippen LogP contribution is -2.51. The standard InChI is InChI=1S/C16H28ClN5O/c1-20-6-8-22(9-7-20)16(23)12-2-4-21(5-3-12)15-13(17)10-19-11-14(15)18/h12-13,19H,2-11,18H2,1H3. The molecular weight excluding hydrogens is 314 g/mol. The van der Waals surface area contributed by atoms with Gasteiger partial charge in [-0.3, -0.25) is 4.79 Å². The summed E-state index contributed by atoms with van der Waals surface area (Å²) in [5.41, 5.74) is 8.06. The quantitative estimate of drug-likeness (QED) is 0.684. The second-order valence-corrected chi connectivity index (χ2v) is 7.43. The van der Waals surface area contributed by atoms with Crippen molar-refractivity contribution in [3.05, 3.63) is 11.4 Å². The van der Waals surface area contributed by atoms with E-state index < -0.39 is 0 Å². The first kappa shape index (κ1) is 16.9. The number of rotatable bonds is 2. The van der Waals surface area contributed by atoms with E-state index in [1.807, 2.05) is 4.90 Å². The van der Waals surface area contributed by atoms with Crippen molar-refractivity contribution in [3.8, 4) is 0 Å². The molecule has 0 bridgehead atoms. The van der Waals surface area contributed by atoms with Gasteiger partial charge in [-0.2, -0.15) is 0 Å². The first-order valence-electron chi connectivity index (χ1n) is 8.62. The number of nitrogens with zero attached hydrogens (tertiary/aromatic N) is 3. The Hall–Kier alpha value is -0.980. The lowest BCUT2D eigenvalue weighted by molar-refractivity contribution is -0.138. The number of amides is 1. The molecule has 7 heteroatoms. The lowest BCUT2D eigenvalue weighted by atomic mass is 9.94. The van der Waals surface area contributed by atoms with Gasteiger partial charge in [-0.05, 0) is 19.9 Å². The average molecular weight is 342 g/mol. The highest BCUT2D eigenvalue weighted by Gasteiger charge is 2.33. The fourth-order valence-electron chi connectivity index (χ4n) is 3.78. The first-order chi connectivity index (χ1) is 11.1. The van der Waals surface area contributed by atoms with Crippen LogP contribution in [0.2, 0.25) is 0 Å². The van der Waals surface area contributed by atoms with Crippen LogP contribution >= 0.6 is 11.6 Å². The monoisotopic (exact) mass is 341 g/mol. The maximum atomic E-state index is 12.7. The minimum atomic E-state index is -0.0615. The molecule has 2 fully saturated rings. The summed E-state index contributed by atoms with van der Waals surface area (Å²) >= 11 is 6.42. The number of nitrogens with two attached hydrogens (primary N) is 1. The van der Waals surface area contributed by atoms with E-state index >= 15 is 0 Å². The summed E-state index contributed by atoms with van der Waals surface area (Å²) < 4.78 is 0. The highest BCUT2D eigenvalue weighted by molar-refractivity contribution is 6.22. The summed E-state index contributed by atoms with van der Waals surface area (Å²) in [7, 11) is 2.11. The van der Waals surface area contributed by atoms with Crippen molar-refractivity contribution in [2.75, 3.05) is 59.4 Å². The molecule has 0 aromatic rings. The van der Waals surface area contributed by atoms with Crippen LogP contribution in [0.15, 0.2) is 11.4 Å². The largest absolute Gasteiger partial charge is 0.400 e. The number of likely N-dealkylation sites (tertiary alicyclic amines) is 1. The van der Waals surface area contributed by atoms with Crippen LogP contribution in [0.3, 0.4) is 0 Å². The highest BCUT2D eigenvalue weighted by atomic mass is 35.5. The van der Waals surface area contributed by atoms with Gasteiger partial charge in [-0.1, -0.05) is 0 Å². The lowest BCUT2D eigenvalue weighted by Gasteiger charge is -2.40. The zero-order valence-corrected chi connectivity index (χ0v) is 14.7. The molecule has 0 radical (unpaired) electrons. The van der Waals surface area contributed by atoms with E-state index in [-0.39, 0.29) is 11.3 Å². The minimum Gasteiger partial charge on any atom is -0.400 e. The van der Waals surface area contributed by atoms with Crippen molar-refractivity contribution >= 4 is 17.5 Å². The SMILES string of the molecule is CN1CCN(C(=O)C2CCN(C3=C(N)CNCC3Cl)CC2)CC1. The van der Waals surface area contributed by atoms with Crippen molar-refractivity contribution in [3.63, 3.8) is 0 Å². The number of carbonyl (C=O) groups is 1. The average Bonchev–Trinajstić information content (AvgIpc) is 2.55. The van der Waals surface area contributed by atoms with E-state index in [9.17, 15) is 4.79 Å². The van der Waals surface area contributed by atoms with Crippen LogP contribution in [0.5, 0.6) is 0 Å². The molecule has 0 spiro atoms. The van der Waals surface area contributed by atoms with Crippen LogP contribution in [0.1, 0.15) is 12.8 Å². The molecule has 2 saturated heterocycles. The van der Waals surface area contributed by atoms with E-state index in [0.29, 0.717) is 12.5 Å². The molecule has 23 heavy (non-hydrogen) atoms. The zero-order valence-electron chi connectivity index (χ0n) is 13.9. The predicted octanol–water partition coefficient (Wildman–Crippen LogP) is -0.147. The number of likely N-dealkylation sites (N-methyl/N-ethyl adjacent to an activating group) is 1. The molecule has 6 nitrogen and oxygen atoms in total. The van der Waals surface area contributed by atoms with Gasteiger partial charge in [0.2, 0.25) is 5.91 Å². The van der Waals surface area contributed by atoms with E-state index in [1.54, 1.807) is 0 Å². The van der Waals surface area contributed by atoms with Crippen LogP contribution in [0.25, 0.3) is 0 Å². The van der Waals surface area contributed by atoms with Crippen molar-refractivity contribution in [2.45, 2.75) is 18.2 Å². The Labute approximate surface area is 143 Å².